The number of ether oxygens (including phenoxy) is 1. The molecule has 1 unspecified atom stereocenters. The third-order valence-electron chi connectivity index (χ3n) is 2.38. The number of rotatable bonds is 6. The average Bonchev–Trinajstić information content (AvgIpc) is 2.10. The Hall–Kier alpha value is -0.610. The minimum Gasteiger partial charge on any atom is -0.480 e. The smallest absolute Gasteiger partial charge is 0.323 e. The first kappa shape index (κ1) is 14.4. The molecule has 0 saturated heterocycles. The van der Waals surface area contributed by atoms with Crippen molar-refractivity contribution in [3.63, 3.8) is 0 Å². The van der Waals surface area contributed by atoms with E-state index in [4.69, 9.17) is 9.84 Å². The molecule has 0 aliphatic carbocycles. The molecule has 0 spiro atoms. The van der Waals surface area contributed by atoms with Crippen molar-refractivity contribution in [3.8, 4) is 0 Å². The van der Waals surface area contributed by atoms with Crippen LogP contribution in [-0.2, 0) is 9.53 Å². The van der Waals surface area contributed by atoms with Crippen LogP contribution in [0.2, 0.25) is 0 Å². The predicted molar refractivity (Wildman–Crippen MR) is 60.0 cm³/mol. The molecular formula is C11H23NO3. The zero-order chi connectivity index (χ0) is 12.1. The van der Waals surface area contributed by atoms with Crippen molar-refractivity contribution in [1.29, 1.82) is 0 Å². The number of carboxylic acid groups (broad SMARTS) is 1. The highest BCUT2D eigenvalue weighted by molar-refractivity contribution is 5.78. The largest absolute Gasteiger partial charge is 0.480 e. The van der Waals surface area contributed by atoms with E-state index >= 15 is 0 Å². The SMILES string of the molecule is CNC(C)(CCCOC(C)(C)C)C(=O)O. The van der Waals surface area contributed by atoms with E-state index in [2.05, 4.69) is 5.32 Å². The van der Waals surface area contributed by atoms with E-state index in [0.717, 1.165) is 6.42 Å². The van der Waals surface area contributed by atoms with Crippen molar-refractivity contribution >= 4 is 5.97 Å². The van der Waals surface area contributed by atoms with Gasteiger partial charge in [0.25, 0.3) is 0 Å². The molecule has 0 heterocycles. The molecule has 2 N–H and O–H groups in total. The number of likely N-dealkylation sites (N-methyl/N-ethyl adjacent to an activating group) is 1. The van der Waals surface area contributed by atoms with Crippen molar-refractivity contribution in [2.45, 2.75) is 51.7 Å². The molecule has 0 aliphatic rings. The van der Waals surface area contributed by atoms with E-state index in [9.17, 15) is 4.79 Å². The quantitative estimate of drug-likeness (QED) is 0.664. The Balaban J connectivity index is 3.89. The minimum absolute atomic E-state index is 0.154. The zero-order valence-electron chi connectivity index (χ0n) is 10.4. The summed E-state index contributed by atoms with van der Waals surface area (Å²) >= 11 is 0. The van der Waals surface area contributed by atoms with Gasteiger partial charge in [0.05, 0.1) is 5.60 Å². The monoisotopic (exact) mass is 217 g/mol. The van der Waals surface area contributed by atoms with E-state index in [1.54, 1.807) is 14.0 Å². The van der Waals surface area contributed by atoms with Gasteiger partial charge in [-0.25, -0.2) is 0 Å². The maximum Gasteiger partial charge on any atom is 0.323 e. The maximum absolute atomic E-state index is 10.9. The van der Waals surface area contributed by atoms with Crippen LogP contribution in [0.5, 0.6) is 0 Å². The summed E-state index contributed by atoms with van der Waals surface area (Å²) in [7, 11) is 1.67. The summed E-state index contributed by atoms with van der Waals surface area (Å²) in [4.78, 5) is 10.9. The second kappa shape index (κ2) is 5.47. The fourth-order valence-electron chi connectivity index (χ4n) is 1.14. The van der Waals surface area contributed by atoms with Crippen LogP contribution in [0, 0.1) is 0 Å². The predicted octanol–water partition coefficient (Wildman–Crippen LogP) is 1.64. The second-order valence-corrected chi connectivity index (χ2v) is 4.95. The molecule has 0 aromatic heterocycles. The van der Waals surface area contributed by atoms with Crippen molar-refractivity contribution in [1.82, 2.24) is 5.32 Å². The van der Waals surface area contributed by atoms with Crippen LogP contribution in [0.1, 0.15) is 40.5 Å². The molecule has 0 bridgehead atoms. The summed E-state index contributed by atoms with van der Waals surface area (Å²) in [5.41, 5.74) is -0.999. The molecule has 15 heavy (non-hydrogen) atoms. The Kier molecular flexibility index (Phi) is 5.24. The van der Waals surface area contributed by atoms with Crippen LogP contribution in [0.4, 0.5) is 0 Å². The molecule has 90 valence electrons. The fraction of sp³-hybridized carbons (Fsp3) is 0.909. The third-order valence-corrected chi connectivity index (χ3v) is 2.38. The number of aliphatic carboxylic acids is 1. The average molecular weight is 217 g/mol. The molecule has 0 aliphatic heterocycles. The summed E-state index contributed by atoms with van der Waals surface area (Å²) in [5.74, 6) is -0.819. The Morgan fingerprint density at radius 1 is 1.33 bits per heavy atom. The van der Waals surface area contributed by atoms with Gasteiger partial charge in [-0.05, 0) is 47.6 Å². The maximum atomic E-state index is 10.9. The molecule has 0 aromatic carbocycles. The van der Waals surface area contributed by atoms with Gasteiger partial charge in [0.1, 0.15) is 5.54 Å². The molecule has 0 rings (SSSR count). The first-order valence-electron chi connectivity index (χ1n) is 5.27. The summed E-state index contributed by atoms with van der Waals surface area (Å²) in [5, 5.41) is 11.8. The van der Waals surface area contributed by atoms with E-state index in [1.807, 2.05) is 20.8 Å². The Morgan fingerprint density at radius 2 is 1.87 bits per heavy atom. The number of hydrogen-bond donors (Lipinski definition) is 2. The standard InChI is InChI=1S/C11H23NO3/c1-10(2,3)15-8-6-7-11(4,12-5)9(13)14/h12H,6-8H2,1-5H3,(H,13,14). The summed E-state index contributed by atoms with van der Waals surface area (Å²) in [6.07, 6.45) is 1.30. The first-order valence-corrected chi connectivity index (χ1v) is 5.27. The lowest BCUT2D eigenvalue weighted by molar-refractivity contribution is -0.144. The van der Waals surface area contributed by atoms with Crippen LogP contribution < -0.4 is 5.32 Å². The number of carbonyl (C=O) groups is 1. The van der Waals surface area contributed by atoms with Crippen molar-refractivity contribution in [2.24, 2.45) is 0 Å². The minimum atomic E-state index is -0.846. The number of hydrogen-bond acceptors (Lipinski definition) is 3. The van der Waals surface area contributed by atoms with Gasteiger partial charge in [-0.2, -0.15) is 0 Å². The summed E-state index contributed by atoms with van der Waals surface area (Å²) in [6.45, 7) is 8.24. The first-order chi connectivity index (χ1) is 6.71. The number of nitrogens with one attached hydrogen (secondary N) is 1. The lowest BCUT2D eigenvalue weighted by Gasteiger charge is -2.25. The van der Waals surface area contributed by atoms with Crippen LogP contribution >= 0.6 is 0 Å². The molecule has 0 radical (unpaired) electrons. The Morgan fingerprint density at radius 3 is 2.20 bits per heavy atom. The third kappa shape index (κ3) is 5.74. The summed E-state index contributed by atoms with van der Waals surface area (Å²) < 4.78 is 5.53. The van der Waals surface area contributed by atoms with Gasteiger partial charge in [0, 0.05) is 6.61 Å². The molecule has 0 aromatic rings. The van der Waals surface area contributed by atoms with Crippen molar-refractivity contribution in [3.05, 3.63) is 0 Å². The second-order valence-electron chi connectivity index (χ2n) is 4.95. The van der Waals surface area contributed by atoms with Gasteiger partial charge in [0.15, 0.2) is 0 Å². The molecule has 0 saturated carbocycles. The highest BCUT2D eigenvalue weighted by atomic mass is 16.5. The molecule has 0 amide bonds. The van der Waals surface area contributed by atoms with Gasteiger partial charge < -0.3 is 15.2 Å². The Bertz CT molecular complexity index is 210. The van der Waals surface area contributed by atoms with E-state index in [-0.39, 0.29) is 5.60 Å². The highest BCUT2D eigenvalue weighted by Crippen LogP contribution is 2.14. The van der Waals surface area contributed by atoms with Gasteiger partial charge in [-0.3, -0.25) is 4.79 Å². The molecule has 4 heteroatoms. The zero-order valence-corrected chi connectivity index (χ0v) is 10.4. The van der Waals surface area contributed by atoms with Crippen LogP contribution in [0.25, 0.3) is 0 Å². The van der Waals surface area contributed by atoms with E-state index in [0.29, 0.717) is 13.0 Å². The van der Waals surface area contributed by atoms with E-state index in [1.165, 1.54) is 0 Å². The van der Waals surface area contributed by atoms with Gasteiger partial charge >= 0.3 is 5.97 Å². The fourth-order valence-corrected chi connectivity index (χ4v) is 1.14. The molecular weight excluding hydrogens is 194 g/mol. The lowest BCUT2D eigenvalue weighted by Crippen LogP contribution is -2.47. The van der Waals surface area contributed by atoms with Gasteiger partial charge in [-0.1, -0.05) is 0 Å². The van der Waals surface area contributed by atoms with Crippen LogP contribution in [0.15, 0.2) is 0 Å². The topological polar surface area (TPSA) is 58.6 Å². The highest BCUT2D eigenvalue weighted by Gasteiger charge is 2.30. The molecule has 4 nitrogen and oxygen atoms in total. The van der Waals surface area contributed by atoms with Crippen LogP contribution in [0.3, 0.4) is 0 Å². The van der Waals surface area contributed by atoms with Gasteiger partial charge in [-0.15, -0.1) is 0 Å². The van der Waals surface area contributed by atoms with Gasteiger partial charge in [0.2, 0.25) is 0 Å². The summed E-state index contributed by atoms with van der Waals surface area (Å²) in [6, 6.07) is 0. The van der Waals surface area contributed by atoms with E-state index < -0.39 is 11.5 Å². The number of carboxylic acids is 1. The van der Waals surface area contributed by atoms with Crippen LogP contribution in [-0.4, -0.2) is 35.9 Å². The molecule has 0 fully saturated rings. The lowest BCUT2D eigenvalue weighted by atomic mass is 9.96. The van der Waals surface area contributed by atoms with Crippen molar-refractivity contribution < 1.29 is 14.6 Å². The Labute approximate surface area is 92.0 Å². The normalized spacial score (nSPS) is 16.1. The van der Waals surface area contributed by atoms with Crippen molar-refractivity contribution in [2.75, 3.05) is 13.7 Å². The molecule has 1 atom stereocenters.